The Balaban J connectivity index is 2.73. The maximum absolute atomic E-state index is 11.5. The number of nitrogens with two attached hydrogens (primary N) is 1. The molecule has 0 spiro atoms. The molecule has 0 bridgehead atoms. The number of hydrogen-bond donors (Lipinski definition) is 5. The van der Waals surface area contributed by atoms with Crippen molar-refractivity contribution in [3.63, 3.8) is 0 Å². The van der Waals surface area contributed by atoms with Crippen molar-refractivity contribution in [2.24, 2.45) is 5.73 Å². The first kappa shape index (κ1) is 20.5. The third-order valence-electron chi connectivity index (χ3n) is 3.19. The van der Waals surface area contributed by atoms with Gasteiger partial charge in [0, 0.05) is 18.0 Å². The SMILES string of the molecule is CC(C)(C)ONNC(N[C@@H](CCCCN)C(=O)O)c1cccnc1. The predicted molar refractivity (Wildman–Crippen MR) is 91.6 cm³/mol. The largest absolute Gasteiger partial charge is 0.480 e. The van der Waals surface area contributed by atoms with Crippen LogP contribution in [0.4, 0.5) is 0 Å². The zero-order chi connectivity index (χ0) is 18.0. The number of aromatic nitrogens is 1. The molecule has 1 rings (SSSR count). The highest BCUT2D eigenvalue weighted by Crippen LogP contribution is 2.12. The Hall–Kier alpha value is -1.58. The van der Waals surface area contributed by atoms with Crippen molar-refractivity contribution in [1.82, 2.24) is 21.3 Å². The van der Waals surface area contributed by atoms with E-state index in [1.54, 1.807) is 18.5 Å². The van der Waals surface area contributed by atoms with E-state index >= 15 is 0 Å². The van der Waals surface area contributed by atoms with Gasteiger partial charge in [0.15, 0.2) is 0 Å². The van der Waals surface area contributed by atoms with Crippen LogP contribution >= 0.6 is 0 Å². The number of hydrazine groups is 1. The van der Waals surface area contributed by atoms with Gasteiger partial charge in [0.05, 0.1) is 5.60 Å². The molecule has 8 nitrogen and oxygen atoms in total. The normalized spacial score (nSPS) is 14.3. The van der Waals surface area contributed by atoms with Crippen molar-refractivity contribution in [3.05, 3.63) is 30.1 Å². The van der Waals surface area contributed by atoms with E-state index in [-0.39, 0.29) is 5.60 Å². The van der Waals surface area contributed by atoms with Gasteiger partial charge in [-0.05, 0) is 46.2 Å². The van der Waals surface area contributed by atoms with Crippen molar-refractivity contribution in [2.75, 3.05) is 6.54 Å². The molecule has 6 N–H and O–H groups in total. The highest BCUT2D eigenvalue weighted by atomic mass is 16.7. The molecule has 0 aliphatic heterocycles. The summed E-state index contributed by atoms with van der Waals surface area (Å²) in [4.78, 5) is 21.0. The maximum Gasteiger partial charge on any atom is 0.320 e. The monoisotopic (exact) mass is 339 g/mol. The number of nitrogens with zero attached hydrogens (tertiary/aromatic N) is 1. The fourth-order valence-corrected chi connectivity index (χ4v) is 1.98. The summed E-state index contributed by atoms with van der Waals surface area (Å²) in [6, 6.07) is 2.95. The van der Waals surface area contributed by atoms with Crippen LogP contribution in [-0.2, 0) is 9.63 Å². The topological polar surface area (TPSA) is 122 Å². The fourth-order valence-electron chi connectivity index (χ4n) is 1.98. The molecule has 1 aromatic heterocycles. The van der Waals surface area contributed by atoms with Gasteiger partial charge in [-0.25, -0.2) is 5.43 Å². The first-order chi connectivity index (χ1) is 11.3. The molecule has 1 unspecified atom stereocenters. The third-order valence-corrected chi connectivity index (χ3v) is 3.19. The summed E-state index contributed by atoms with van der Waals surface area (Å²) in [6.45, 7) is 6.26. The average Bonchev–Trinajstić information content (AvgIpc) is 2.52. The summed E-state index contributed by atoms with van der Waals surface area (Å²) in [5.41, 5.74) is 11.5. The van der Waals surface area contributed by atoms with Crippen LogP contribution in [0.3, 0.4) is 0 Å². The van der Waals surface area contributed by atoms with Gasteiger partial charge in [-0.3, -0.25) is 19.9 Å². The number of carboxylic acids is 1. The summed E-state index contributed by atoms with van der Waals surface area (Å²) in [6.07, 6.45) is 4.89. The van der Waals surface area contributed by atoms with Crippen LogP contribution in [0.1, 0.15) is 51.8 Å². The highest BCUT2D eigenvalue weighted by molar-refractivity contribution is 5.73. The van der Waals surface area contributed by atoms with Crippen LogP contribution in [0.15, 0.2) is 24.5 Å². The second-order valence-corrected chi connectivity index (χ2v) is 6.52. The van der Waals surface area contributed by atoms with Crippen molar-refractivity contribution in [3.8, 4) is 0 Å². The van der Waals surface area contributed by atoms with Gasteiger partial charge >= 0.3 is 5.97 Å². The number of rotatable bonds is 11. The highest BCUT2D eigenvalue weighted by Gasteiger charge is 2.22. The molecular weight excluding hydrogens is 310 g/mol. The van der Waals surface area contributed by atoms with E-state index in [1.165, 1.54) is 0 Å². The Morgan fingerprint density at radius 2 is 2.17 bits per heavy atom. The second kappa shape index (κ2) is 10.3. The lowest BCUT2D eigenvalue weighted by Crippen LogP contribution is -2.50. The lowest BCUT2D eigenvalue weighted by atomic mass is 10.1. The van der Waals surface area contributed by atoms with Crippen LogP contribution in [0.2, 0.25) is 0 Å². The summed E-state index contributed by atoms with van der Waals surface area (Å²) in [5, 5.41) is 12.5. The molecule has 1 heterocycles. The molecule has 0 aliphatic carbocycles. The minimum absolute atomic E-state index is 0.389. The third kappa shape index (κ3) is 8.32. The van der Waals surface area contributed by atoms with Gasteiger partial charge in [0.1, 0.15) is 12.2 Å². The van der Waals surface area contributed by atoms with E-state index < -0.39 is 18.2 Å². The first-order valence-corrected chi connectivity index (χ1v) is 8.11. The number of carbonyl (C=O) groups is 1. The molecular formula is C16H29N5O3. The number of pyridine rings is 1. The molecule has 0 saturated carbocycles. The van der Waals surface area contributed by atoms with E-state index in [1.807, 2.05) is 26.8 Å². The summed E-state index contributed by atoms with van der Waals surface area (Å²) in [7, 11) is 0. The number of nitrogens with one attached hydrogen (secondary N) is 3. The molecule has 2 atom stereocenters. The van der Waals surface area contributed by atoms with Crippen molar-refractivity contribution < 1.29 is 14.7 Å². The van der Waals surface area contributed by atoms with Gasteiger partial charge in [-0.2, -0.15) is 0 Å². The van der Waals surface area contributed by atoms with Gasteiger partial charge in [0.2, 0.25) is 0 Å². The van der Waals surface area contributed by atoms with Crippen LogP contribution in [0.25, 0.3) is 0 Å². The molecule has 0 amide bonds. The molecule has 0 aliphatic rings. The van der Waals surface area contributed by atoms with E-state index in [9.17, 15) is 9.90 Å². The second-order valence-electron chi connectivity index (χ2n) is 6.52. The molecule has 1 aromatic rings. The zero-order valence-corrected chi connectivity index (χ0v) is 14.6. The van der Waals surface area contributed by atoms with Crippen molar-refractivity contribution in [2.45, 2.75) is 57.8 Å². The summed E-state index contributed by atoms with van der Waals surface area (Å²) >= 11 is 0. The number of aliphatic carboxylic acids is 1. The first-order valence-electron chi connectivity index (χ1n) is 8.11. The lowest BCUT2D eigenvalue weighted by molar-refractivity contribution is -0.140. The summed E-state index contributed by atoms with van der Waals surface area (Å²) in [5.74, 6) is -0.903. The summed E-state index contributed by atoms with van der Waals surface area (Å²) < 4.78 is 0. The Bertz CT molecular complexity index is 478. The van der Waals surface area contributed by atoms with Gasteiger partial charge in [-0.1, -0.05) is 12.5 Å². The minimum atomic E-state index is -0.903. The molecule has 0 fully saturated rings. The van der Waals surface area contributed by atoms with Gasteiger partial charge in [-0.15, -0.1) is 5.59 Å². The van der Waals surface area contributed by atoms with Crippen molar-refractivity contribution >= 4 is 5.97 Å². The fraction of sp³-hybridized carbons (Fsp3) is 0.625. The molecule has 24 heavy (non-hydrogen) atoms. The van der Waals surface area contributed by atoms with Gasteiger partial charge in [0.25, 0.3) is 0 Å². The Morgan fingerprint density at radius 3 is 2.71 bits per heavy atom. The maximum atomic E-state index is 11.5. The van der Waals surface area contributed by atoms with Crippen LogP contribution in [-0.4, -0.2) is 34.2 Å². The molecule has 8 heteroatoms. The van der Waals surface area contributed by atoms with E-state index in [0.717, 1.165) is 18.4 Å². The molecule has 0 radical (unpaired) electrons. The molecule has 0 aromatic carbocycles. The quantitative estimate of drug-likeness (QED) is 0.231. The average molecular weight is 339 g/mol. The van der Waals surface area contributed by atoms with E-state index in [0.29, 0.717) is 13.0 Å². The Kier molecular flexibility index (Phi) is 8.80. The predicted octanol–water partition coefficient (Wildman–Crippen LogP) is 1.08. The Morgan fingerprint density at radius 1 is 1.42 bits per heavy atom. The van der Waals surface area contributed by atoms with Crippen LogP contribution in [0, 0.1) is 0 Å². The van der Waals surface area contributed by atoms with Gasteiger partial charge < -0.3 is 10.8 Å². The molecule has 0 saturated heterocycles. The van der Waals surface area contributed by atoms with Crippen LogP contribution < -0.4 is 22.1 Å². The number of unbranched alkanes of at least 4 members (excludes halogenated alkanes) is 1. The standard InChI is InChI=1S/C16H29N5O3/c1-16(2,3)24-21-20-14(12-7-6-10-18-11-12)19-13(15(22)23)8-4-5-9-17/h6-7,10-11,13-14,19-21H,4-5,8-9,17H2,1-3H3,(H,22,23)/t13-,14?/m0/s1. The van der Waals surface area contributed by atoms with E-state index in [4.69, 9.17) is 10.6 Å². The zero-order valence-electron chi connectivity index (χ0n) is 14.6. The number of hydrogen-bond acceptors (Lipinski definition) is 7. The van der Waals surface area contributed by atoms with Crippen LogP contribution in [0.5, 0.6) is 0 Å². The number of carboxylic acid groups (broad SMARTS) is 1. The van der Waals surface area contributed by atoms with Crippen molar-refractivity contribution in [1.29, 1.82) is 0 Å². The van der Waals surface area contributed by atoms with E-state index in [2.05, 4.69) is 21.3 Å². The molecule has 136 valence electrons. The lowest BCUT2D eigenvalue weighted by Gasteiger charge is -2.27. The smallest absolute Gasteiger partial charge is 0.320 e. The minimum Gasteiger partial charge on any atom is -0.480 e. The Labute approximate surface area is 143 Å².